The molecular formula is C19H31N3O6S. The second-order valence-electron chi connectivity index (χ2n) is 7.40. The number of nitrogens with two attached hydrogens (primary N) is 1. The number of primary amides is 1. The van der Waals surface area contributed by atoms with E-state index in [0.29, 0.717) is 43.7 Å². The fourth-order valence-electron chi connectivity index (χ4n) is 3.42. The van der Waals surface area contributed by atoms with Crippen LogP contribution in [0.3, 0.4) is 0 Å². The maximum absolute atomic E-state index is 13.2. The Labute approximate surface area is 172 Å². The summed E-state index contributed by atoms with van der Waals surface area (Å²) in [6.07, 6.45) is 0.215. The molecule has 2 atom stereocenters. The zero-order valence-electron chi connectivity index (χ0n) is 17.2. The summed E-state index contributed by atoms with van der Waals surface area (Å²) in [5.41, 5.74) is 5.52. The molecule has 1 heterocycles. The number of carbonyl (C=O) groups is 1. The van der Waals surface area contributed by atoms with Gasteiger partial charge in [0.1, 0.15) is 17.2 Å². The lowest BCUT2D eigenvalue weighted by Gasteiger charge is -2.35. The first kappa shape index (κ1) is 23.6. The molecule has 0 bridgehead atoms. The highest BCUT2D eigenvalue weighted by atomic mass is 32.2. The summed E-state index contributed by atoms with van der Waals surface area (Å²) in [6.45, 7) is 6.49. The molecule has 10 heteroatoms. The minimum Gasteiger partial charge on any atom is -0.497 e. The van der Waals surface area contributed by atoms with E-state index in [0.717, 1.165) is 0 Å². The van der Waals surface area contributed by atoms with Crippen molar-refractivity contribution in [1.82, 2.24) is 9.96 Å². The molecular weight excluding hydrogens is 398 g/mol. The Kier molecular flexibility index (Phi) is 8.41. The predicted octanol–water partition coefficient (Wildman–Crippen LogP) is 0.718. The molecule has 1 aliphatic rings. The molecule has 29 heavy (non-hydrogen) atoms. The maximum Gasteiger partial charge on any atom is 0.237 e. The first-order valence-corrected chi connectivity index (χ1v) is 11.2. The van der Waals surface area contributed by atoms with Crippen molar-refractivity contribution in [2.24, 2.45) is 11.7 Å². The Morgan fingerprint density at radius 1 is 1.28 bits per heavy atom. The summed E-state index contributed by atoms with van der Waals surface area (Å²) in [6, 6.07) is 4.79. The lowest BCUT2D eigenvalue weighted by Crippen LogP contribution is -2.54. The molecule has 0 spiro atoms. The van der Waals surface area contributed by atoms with Gasteiger partial charge in [0.15, 0.2) is 9.84 Å². The summed E-state index contributed by atoms with van der Waals surface area (Å²) in [4.78, 5) is 14.2. The largest absolute Gasteiger partial charge is 0.497 e. The Morgan fingerprint density at radius 2 is 1.86 bits per heavy atom. The highest BCUT2D eigenvalue weighted by Gasteiger charge is 2.40. The van der Waals surface area contributed by atoms with Gasteiger partial charge >= 0.3 is 0 Å². The number of hydroxylamine groups is 2. The Morgan fingerprint density at radius 3 is 2.34 bits per heavy atom. The van der Waals surface area contributed by atoms with Gasteiger partial charge in [0.05, 0.1) is 25.2 Å². The summed E-state index contributed by atoms with van der Waals surface area (Å²) in [5, 5.41) is 10.1. The van der Waals surface area contributed by atoms with Crippen molar-refractivity contribution in [3.8, 4) is 5.75 Å². The van der Waals surface area contributed by atoms with Gasteiger partial charge in [-0.3, -0.25) is 9.69 Å². The summed E-state index contributed by atoms with van der Waals surface area (Å²) >= 11 is 0. The van der Waals surface area contributed by atoms with Crippen LogP contribution in [0.25, 0.3) is 0 Å². The number of morpholine rings is 1. The third kappa shape index (κ3) is 5.89. The van der Waals surface area contributed by atoms with Gasteiger partial charge in [-0.25, -0.2) is 8.42 Å². The smallest absolute Gasteiger partial charge is 0.237 e. The minimum atomic E-state index is -3.97. The van der Waals surface area contributed by atoms with E-state index in [4.69, 9.17) is 15.2 Å². The number of benzene rings is 1. The number of methoxy groups -OCH3 is 1. The second-order valence-corrected chi connectivity index (χ2v) is 9.44. The average Bonchev–Trinajstić information content (AvgIpc) is 2.68. The fourth-order valence-corrected chi connectivity index (χ4v) is 5.36. The van der Waals surface area contributed by atoms with Gasteiger partial charge in [-0.2, -0.15) is 5.06 Å². The molecule has 0 saturated carbocycles. The van der Waals surface area contributed by atoms with E-state index in [1.54, 1.807) is 13.8 Å². The standard InChI is InChI=1S/C19H31N3O6S/c1-14(2)19(29(25,26)16-6-4-15(27-3)5-7-16)22(24)17(18(20)23)8-9-21-10-12-28-13-11-21/h4-7,14,17,19,24H,8-13H2,1-3H3,(H2,20,23). The van der Waals surface area contributed by atoms with E-state index in [1.165, 1.54) is 31.4 Å². The van der Waals surface area contributed by atoms with Crippen molar-refractivity contribution in [3.63, 3.8) is 0 Å². The Bertz CT molecular complexity index is 763. The van der Waals surface area contributed by atoms with Crippen LogP contribution >= 0.6 is 0 Å². The van der Waals surface area contributed by atoms with E-state index < -0.39 is 33.1 Å². The van der Waals surface area contributed by atoms with E-state index in [9.17, 15) is 18.4 Å². The van der Waals surface area contributed by atoms with Crippen LogP contribution < -0.4 is 10.5 Å². The highest BCUT2D eigenvalue weighted by molar-refractivity contribution is 7.92. The molecule has 1 amide bonds. The van der Waals surface area contributed by atoms with Crippen LogP contribution in [0.15, 0.2) is 29.2 Å². The second kappa shape index (κ2) is 10.4. The van der Waals surface area contributed by atoms with Gasteiger partial charge in [0.2, 0.25) is 5.91 Å². The number of rotatable bonds is 10. The van der Waals surface area contributed by atoms with Crippen LogP contribution in [0.5, 0.6) is 5.75 Å². The highest BCUT2D eigenvalue weighted by Crippen LogP contribution is 2.27. The monoisotopic (exact) mass is 429 g/mol. The van der Waals surface area contributed by atoms with Crippen LogP contribution in [0.4, 0.5) is 0 Å². The number of hydrogen-bond donors (Lipinski definition) is 2. The predicted molar refractivity (Wildman–Crippen MR) is 107 cm³/mol. The minimum absolute atomic E-state index is 0.0347. The van der Waals surface area contributed by atoms with E-state index in [1.807, 2.05) is 0 Å². The zero-order valence-corrected chi connectivity index (χ0v) is 18.0. The summed E-state index contributed by atoms with van der Waals surface area (Å²) < 4.78 is 36.8. The van der Waals surface area contributed by atoms with E-state index >= 15 is 0 Å². The molecule has 1 fully saturated rings. The van der Waals surface area contributed by atoms with Crippen molar-refractivity contribution < 1.29 is 27.9 Å². The van der Waals surface area contributed by atoms with Crippen molar-refractivity contribution >= 4 is 15.7 Å². The molecule has 0 aliphatic carbocycles. The van der Waals surface area contributed by atoms with Gasteiger partial charge in [0.25, 0.3) is 0 Å². The van der Waals surface area contributed by atoms with Crippen LogP contribution in [0.2, 0.25) is 0 Å². The molecule has 0 aromatic heterocycles. The summed E-state index contributed by atoms with van der Waals surface area (Å²) in [5.74, 6) is -0.736. The zero-order chi connectivity index (χ0) is 21.6. The summed E-state index contributed by atoms with van der Waals surface area (Å²) in [7, 11) is -2.48. The van der Waals surface area contributed by atoms with Gasteiger partial charge < -0.3 is 20.4 Å². The quantitative estimate of drug-likeness (QED) is 0.522. The molecule has 1 aromatic rings. The van der Waals surface area contributed by atoms with Crippen molar-refractivity contribution in [1.29, 1.82) is 0 Å². The van der Waals surface area contributed by atoms with E-state index in [2.05, 4.69) is 4.90 Å². The van der Waals surface area contributed by atoms with Crippen LogP contribution in [-0.4, -0.2) is 80.9 Å². The van der Waals surface area contributed by atoms with Crippen molar-refractivity contribution in [2.75, 3.05) is 40.0 Å². The third-order valence-electron chi connectivity index (χ3n) is 5.01. The molecule has 164 valence electrons. The molecule has 0 radical (unpaired) electrons. The van der Waals surface area contributed by atoms with Crippen molar-refractivity contribution in [3.05, 3.63) is 24.3 Å². The third-order valence-corrected chi connectivity index (χ3v) is 7.33. The topological polar surface area (TPSA) is 122 Å². The van der Waals surface area contributed by atoms with Gasteiger partial charge in [-0.1, -0.05) is 13.8 Å². The molecule has 1 saturated heterocycles. The van der Waals surface area contributed by atoms with E-state index in [-0.39, 0.29) is 11.3 Å². The van der Waals surface area contributed by atoms with Crippen LogP contribution in [-0.2, 0) is 19.4 Å². The number of hydrogen-bond acceptors (Lipinski definition) is 8. The number of sulfone groups is 1. The number of nitrogens with zero attached hydrogens (tertiary/aromatic N) is 2. The molecule has 1 aromatic carbocycles. The van der Waals surface area contributed by atoms with Crippen molar-refractivity contribution in [2.45, 2.75) is 36.6 Å². The number of carbonyl (C=O) groups excluding carboxylic acids is 1. The SMILES string of the molecule is COc1ccc(S(=O)(=O)C(C(C)C)N(O)C(CCN2CCOCC2)C(N)=O)cc1. The maximum atomic E-state index is 13.2. The lowest BCUT2D eigenvalue weighted by molar-refractivity contribution is -0.164. The first-order valence-electron chi connectivity index (χ1n) is 9.63. The first-order chi connectivity index (χ1) is 13.7. The Hall–Kier alpha value is -1.72. The number of amides is 1. The fraction of sp³-hybridized carbons (Fsp3) is 0.632. The number of ether oxygens (including phenoxy) is 2. The molecule has 3 N–H and O–H groups in total. The lowest BCUT2D eigenvalue weighted by atomic mass is 10.1. The molecule has 2 unspecified atom stereocenters. The molecule has 9 nitrogen and oxygen atoms in total. The molecule has 1 aliphatic heterocycles. The Balaban J connectivity index is 2.23. The van der Waals surface area contributed by atoms with Crippen LogP contribution in [0, 0.1) is 5.92 Å². The normalized spacial score (nSPS) is 18.0. The van der Waals surface area contributed by atoms with Gasteiger partial charge in [-0.05, 0) is 36.6 Å². The van der Waals surface area contributed by atoms with Crippen LogP contribution in [0.1, 0.15) is 20.3 Å². The average molecular weight is 430 g/mol. The van der Waals surface area contributed by atoms with Gasteiger partial charge in [-0.15, -0.1) is 0 Å². The van der Waals surface area contributed by atoms with Gasteiger partial charge in [0, 0.05) is 19.6 Å². The molecule has 2 rings (SSSR count).